The van der Waals surface area contributed by atoms with E-state index < -0.39 is 5.09 Å². The molecule has 0 heterocycles. The maximum absolute atomic E-state index is 11.0. The number of hydrogen-bond donors (Lipinski definition) is 1. The molecule has 4 aliphatic carbocycles. The Morgan fingerprint density at radius 3 is 2.68 bits per heavy atom. The summed E-state index contributed by atoms with van der Waals surface area (Å²) in [6.45, 7) is 5.76. The summed E-state index contributed by atoms with van der Waals surface area (Å²) in [6.07, 6.45) is 9.67. The summed E-state index contributed by atoms with van der Waals surface area (Å²) < 4.78 is 0. The molecule has 0 amide bonds. The number of hydrogen-bond acceptors (Lipinski definition) is 6. The van der Waals surface area contributed by atoms with Crippen LogP contribution in [-0.2, 0) is 9.68 Å². The highest BCUT2D eigenvalue weighted by Crippen LogP contribution is 2.66. The highest BCUT2D eigenvalue weighted by Gasteiger charge is 2.60. The van der Waals surface area contributed by atoms with E-state index in [1.54, 1.807) is 0 Å². The van der Waals surface area contributed by atoms with E-state index in [0.29, 0.717) is 36.3 Å². The SMILES string of the molecule is CC12CCC(=NOCCN)CC1CCC1C2CCC2(C)C(O[N+](=O)[O-])CCC12. The lowest BCUT2D eigenvalue weighted by Crippen LogP contribution is -2.54. The van der Waals surface area contributed by atoms with Crippen molar-refractivity contribution in [2.75, 3.05) is 13.2 Å². The van der Waals surface area contributed by atoms with Gasteiger partial charge in [-0.15, -0.1) is 10.1 Å². The zero-order valence-corrected chi connectivity index (χ0v) is 17.3. The van der Waals surface area contributed by atoms with E-state index >= 15 is 0 Å². The van der Waals surface area contributed by atoms with Crippen LogP contribution in [0, 0.1) is 44.6 Å². The maximum atomic E-state index is 11.0. The topological polar surface area (TPSA) is 100.0 Å². The first-order valence-corrected chi connectivity index (χ1v) is 11.1. The minimum atomic E-state index is -0.572. The Bertz CT molecular complexity index is 641. The third-order valence-corrected chi connectivity index (χ3v) is 9.03. The molecule has 7 heteroatoms. The fraction of sp³-hybridized carbons (Fsp3) is 0.952. The number of nitrogens with zero attached hydrogens (tertiary/aromatic N) is 2. The summed E-state index contributed by atoms with van der Waals surface area (Å²) >= 11 is 0. The van der Waals surface area contributed by atoms with Crippen molar-refractivity contribution in [2.24, 2.45) is 45.4 Å². The van der Waals surface area contributed by atoms with E-state index in [4.69, 9.17) is 15.4 Å². The first kappa shape index (κ1) is 19.9. The van der Waals surface area contributed by atoms with Gasteiger partial charge in [-0.25, -0.2) is 0 Å². The standard InChI is InChI=1S/C21H35N3O4/c1-20-9-7-15(23-27-12-11-22)13-14(20)3-4-16-17-5-6-19(28-24(25)26)21(17,2)10-8-18(16)20/h14,16-19H,3-13,22H2,1-2H3. The average molecular weight is 394 g/mol. The van der Waals surface area contributed by atoms with Crippen LogP contribution >= 0.6 is 0 Å². The summed E-state index contributed by atoms with van der Waals surface area (Å²) in [5.74, 6) is 2.66. The van der Waals surface area contributed by atoms with Crippen molar-refractivity contribution >= 4 is 5.71 Å². The van der Waals surface area contributed by atoms with Gasteiger partial charge < -0.3 is 15.4 Å². The minimum Gasteiger partial charge on any atom is -0.395 e. The fourth-order valence-electron chi connectivity index (χ4n) is 7.56. The Kier molecular flexibility index (Phi) is 5.31. The summed E-state index contributed by atoms with van der Waals surface area (Å²) in [4.78, 5) is 21.5. The van der Waals surface area contributed by atoms with Crippen LogP contribution in [0.5, 0.6) is 0 Å². The molecule has 28 heavy (non-hydrogen) atoms. The third-order valence-electron chi connectivity index (χ3n) is 9.03. The highest BCUT2D eigenvalue weighted by atomic mass is 17.0. The number of fused-ring (bicyclic) bond motifs is 5. The van der Waals surface area contributed by atoms with Crippen LogP contribution in [-0.4, -0.2) is 30.1 Å². The van der Waals surface area contributed by atoms with Gasteiger partial charge in [0, 0.05) is 6.54 Å². The molecule has 7 unspecified atom stereocenters. The lowest BCUT2D eigenvalue weighted by Gasteiger charge is -2.60. The van der Waals surface area contributed by atoms with Crippen molar-refractivity contribution < 1.29 is 14.8 Å². The second kappa shape index (κ2) is 7.47. The van der Waals surface area contributed by atoms with Gasteiger partial charge in [-0.1, -0.05) is 19.0 Å². The van der Waals surface area contributed by atoms with Gasteiger partial charge >= 0.3 is 0 Å². The van der Waals surface area contributed by atoms with Crippen LogP contribution in [0.3, 0.4) is 0 Å². The normalized spacial score (nSPS) is 46.4. The van der Waals surface area contributed by atoms with Gasteiger partial charge in [-0.05, 0) is 92.3 Å². The minimum absolute atomic E-state index is 0.0330. The summed E-state index contributed by atoms with van der Waals surface area (Å²) in [6, 6.07) is 0. The number of oxime groups is 1. The van der Waals surface area contributed by atoms with Gasteiger partial charge in [-0.2, -0.15) is 0 Å². The van der Waals surface area contributed by atoms with Crippen molar-refractivity contribution in [3.8, 4) is 0 Å². The Morgan fingerprint density at radius 1 is 1.14 bits per heavy atom. The van der Waals surface area contributed by atoms with E-state index in [1.165, 1.54) is 31.4 Å². The van der Waals surface area contributed by atoms with Crippen LogP contribution in [0.2, 0.25) is 0 Å². The molecule has 4 aliphatic rings. The molecule has 2 N–H and O–H groups in total. The predicted octanol–water partition coefficient (Wildman–Crippen LogP) is 3.94. The van der Waals surface area contributed by atoms with Gasteiger partial charge in [0.1, 0.15) is 12.7 Å². The van der Waals surface area contributed by atoms with E-state index in [1.807, 2.05) is 0 Å². The Morgan fingerprint density at radius 2 is 1.93 bits per heavy atom. The molecule has 4 rings (SSSR count). The molecule has 0 aromatic rings. The third kappa shape index (κ3) is 3.19. The second-order valence-electron chi connectivity index (χ2n) is 10.1. The average Bonchev–Trinajstić information content (AvgIpc) is 2.98. The Labute approximate surface area is 167 Å². The maximum Gasteiger partial charge on any atom is 0.294 e. The lowest BCUT2D eigenvalue weighted by atomic mass is 9.45. The summed E-state index contributed by atoms with van der Waals surface area (Å²) in [5, 5.41) is 14.8. The predicted molar refractivity (Wildman–Crippen MR) is 106 cm³/mol. The van der Waals surface area contributed by atoms with Crippen molar-refractivity contribution in [3.05, 3.63) is 10.1 Å². The van der Waals surface area contributed by atoms with Crippen molar-refractivity contribution in [2.45, 2.75) is 77.7 Å². The highest BCUT2D eigenvalue weighted by molar-refractivity contribution is 5.85. The molecule has 0 aliphatic heterocycles. The molecule has 0 radical (unpaired) electrons. The molecule has 0 aromatic carbocycles. The number of rotatable bonds is 5. The molecule has 0 bridgehead atoms. The van der Waals surface area contributed by atoms with E-state index in [-0.39, 0.29) is 11.5 Å². The van der Waals surface area contributed by atoms with Gasteiger partial charge in [0.2, 0.25) is 0 Å². The smallest absolute Gasteiger partial charge is 0.294 e. The van der Waals surface area contributed by atoms with Crippen LogP contribution in [0.1, 0.15) is 71.6 Å². The first-order valence-electron chi connectivity index (χ1n) is 11.1. The van der Waals surface area contributed by atoms with Crippen molar-refractivity contribution in [1.82, 2.24) is 0 Å². The van der Waals surface area contributed by atoms with Gasteiger partial charge in [0.05, 0.1) is 5.71 Å². The Balaban J connectivity index is 1.48. The fourth-order valence-corrected chi connectivity index (χ4v) is 7.56. The van der Waals surface area contributed by atoms with E-state index in [2.05, 4.69) is 19.0 Å². The monoisotopic (exact) mass is 393 g/mol. The van der Waals surface area contributed by atoms with Gasteiger partial charge in [-0.3, -0.25) is 0 Å². The molecule has 4 saturated carbocycles. The molecular weight excluding hydrogens is 358 g/mol. The van der Waals surface area contributed by atoms with Crippen molar-refractivity contribution in [3.63, 3.8) is 0 Å². The molecule has 4 fully saturated rings. The van der Waals surface area contributed by atoms with Gasteiger partial charge in [0.25, 0.3) is 5.09 Å². The Hall–Kier alpha value is -1.37. The van der Waals surface area contributed by atoms with Crippen molar-refractivity contribution in [1.29, 1.82) is 0 Å². The second-order valence-corrected chi connectivity index (χ2v) is 10.1. The molecule has 0 saturated heterocycles. The summed E-state index contributed by atoms with van der Waals surface area (Å²) in [7, 11) is 0. The van der Waals surface area contributed by atoms with Crippen LogP contribution in [0.25, 0.3) is 0 Å². The molecule has 0 spiro atoms. The van der Waals surface area contributed by atoms with E-state index in [9.17, 15) is 10.1 Å². The lowest BCUT2D eigenvalue weighted by molar-refractivity contribution is -0.772. The molecule has 0 aromatic heterocycles. The number of nitrogens with two attached hydrogens (primary N) is 1. The molecular formula is C21H35N3O4. The first-order chi connectivity index (χ1) is 13.4. The van der Waals surface area contributed by atoms with E-state index in [0.717, 1.165) is 38.0 Å². The zero-order valence-electron chi connectivity index (χ0n) is 17.3. The quantitative estimate of drug-likeness (QED) is 0.433. The van der Waals surface area contributed by atoms with Gasteiger partial charge in [0.15, 0.2) is 0 Å². The zero-order chi connectivity index (χ0) is 19.9. The summed E-state index contributed by atoms with van der Waals surface area (Å²) in [5.41, 5.74) is 7.02. The molecule has 158 valence electrons. The van der Waals surface area contributed by atoms with Crippen LogP contribution in [0.15, 0.2) is 5.16 Å². The molecule has 7 nitrogen and oxygen atoms in total. The molecule has 7 atom stereocenters. The van der Waals surface area contributed by atoms with Crippen LogP contribution < -0.4 is 5.73 Å². The van der Waals surface area contributed by atoms with Crippen LogP contribution in [0.4, 0.5) is 0 Å². The largest absolute Gasteiger partial charge is 0.395 e.